The molecule has 0 unspecified atom stereocenters. The van der Waals surface area contributed by atoms with E-state index in [1.54, 1.807) is 4.68 Å². The summed E-state index contributed by atoms with van der Waals surface area (Å²) in [6.07, 6.45) is 2.60. The van der Waals surface area contributed by atoms with Crippen molar-refractivity contribution in [2.75, 3.05) is 18.5 Å². The molecule has 1 amide bonds. The number of carbonyl (C=O) groups is 1. The van der Waals surface area contributed by atoms with Gasteiger partial charge in [0, 0.05) is 26.3 Å². The van der Waals surface area contributed by atoms with Crippen molar-refractivity contribution in [2.24, 2.45) is 7.05 Å². The summed E-state index contributed by atoms with van der Waals surface area (Å²) in [5.74, 6) is 0.548. The lowest BCUT2D eigenvalue weighted by Crippen LogP contribution is -2.26. The molecule has 1 fully saturated rings. The maximum absolute atomic E-state index is 12.7. The van der Waals surface area contributed by atoms with E-state index < -0.39 is 0 Å². The third kappa shape index (κ3) is 3.29. The van der Waals surface area contributed by atoms with Crippen LogP contribution in [-0.4, -0.2) is 38.7 Å². The van der Waals surface area contributed by atoms with Crippen LogP contribution in [0.2, 0.25) is 0 Å². The van der Waals surface area contributed by atoms with Crippen LogP contribution in [0.3, 0.4) is 0 Å². The second kappa shape index (κ2) is 6.54. The van der Waals surface area contributed by atoms with Crippen LogP contribution >= 0.6 is 0 Å². The Morgan fingerprint density at radius 3 is 2.74 bits per heavy atom. The summed E-state index contributed by atoms with van der Waals surface area (Å²) in [7, 11) is 1.83. The Balaban J connectivity index is 1.82. The van der Waals surface area contributed by atoms with Crippen LogP contribution in [-0.2, 0) is 18.2 Å². The van der Waals surface area contributed by atoms with E-state index in [2.05, 4.69) is 15.5 Å². The summed E-state index contributed by atoms with van der Waals surface area (Å²) >= 11 is 0. The second-order valence-corrected chi connectivity index (χ2v) is 5.91. The Kier molecular flexibility index (Phi) is 4.47. The summed E-state index contributed by atoms with van der Waals surface area (Å²) in [6, 6.07) is 3.96. The zero-order chi connectivity index (χ0) is 16.4. The van der Waals surface area contributed by atoms with Gasteiger partial charge in [0.1, 0.15) is 11.5 Å². The molecule has 0 spiro atoms. The summed E-state index contributed by atoms with van der Waals surface area (Å²) in [4.78, 5) is 12.7. The normalized spacial score (nSPS) is 15.8. The van der Waals surface area contributed by atoms with Gasteiger partial charge in [0.2, 0.25) is 0 Å². The molecule has 7 nitrogen and oxygen atoms in total. The van der Waals surface area contributed by atoms with E-state index in [0.29, 0.717) is 24.7 Å². The average Bonchev–Trinajstić information content (AvgIpc) is 3.11. The van der Waals surface area contributed by atoms with E-state index in [1.807, 2.05) is 37.7 Å². The first-order valence-electron chi connectivity index (χ1n) is 8.06. The van der Waals surface area contributed by atoms with Crippen molar-refractivity contribution in [1.29, 1.82) is 0 Å². The zero-order valence-electron chi connectivity index (χ0n) is 13.9. The molecule has 0 atom stereocenters. The predicted molar refractivity (Wildman–Crippen MR) is 86.6 cm³/mol. The van der Waals surface area contributed by atoms with Gasteiger partial charge in [-0.1, -0.05) is 6.92 Å². The molecule has 0 bridgehead atoms. The molecule has 1 saturated heterocycles. The number of aromatic nitrogens is 4. The highest BCUT2D eigenvalue weighted by molar-refractivity contribution is 6.02. The largest absolute Gasteiger partial charge is 0.381 e. The molecule has 2 aromatic heterocycles. The van der Waals surface area contributed by atoms with Gasteiger partial charge in [-0.3, -0.25) is 14.2 Å². The summed E-state index contributed by atoms with van der Waals surface area (Å²) in [6.45, 7) is 5.38. The van der Waals surface area contributed by atoms with Crippen LogP contribution in [0.1, 0.15) is 47.7 Å². The minimum Gasteiger partial charge on any atom is -0.381 e. The van der Waals surface area contributed by atoms with E-state index in [4.69, 9.17) is 4.74 Å². The second-order valence-electron chi connectivity index (χ2n) is 5.91. The molecule has 2 aromatic rings. The lowest BCUT2D eigenvalue weighted by Gasteiger charge is -2.23. The van der Waals surface area contributed by atoms with Crippen LogP contribution in [0.5, 0.6) is 0 Å². The van der Waals surface area contributed by atoms with Crippen molar-refractivity contribution >= 4 is 11.7 Å². The van der Waals surface area contributed by atoms with Gasteiger partial charge < -0.3 is 10.1 Å². The first-order valence-corrected chi connectivity index (χ1v) is 8.06. The molecule has 3 rings (SSSR count). The fraction of sp³-hybridized carbons (Fsp3) is 0.562. The van der Waals surface area contributed by atoms with Gasteiger partial charge in [0.05, 0.1) is 17.4 Å². The van der Waals surface area contributed by atoms with Crippen LogP contribution in [0.15, 0.2) is 12.1 Å². The SMILES string of the molecule is CCc1cc(NC(=O)c2cc(C)nn2C2CCOCC2)n(C)n1. The van der Waals surface area contributed by atoms with Crippen molar-refractivity contribution < 1.29 is 9.53 Å². The molecule has 0 radical (unpaired) electrons. The molecular weight excluding hydrogens is 294 g/mol. The van der Waals surface area contributed by atoms with Crippen LogP contribution in [0, 0.1) is 6.92 Å². The average molecular weight is 317 g/mol. The third-order valence-corrected chi connectivity index (χ3v) is 4.16. The number of nitrogens with zero attached hydrogens (tertiary/aromatic N) is 4. The third-order valence-electron chi connectivity index (χ3n) is 4.16. The highest BCUT2D eigenvalue weighted by Gasteiger charge is 2.23. The van der Waals surface area contributed by atoms with Crippen molar-refractivity contribution in [2.45, 2.75) is 39.2 Å². The highest BCUT2D eigenvalue weighted by atomic mass is 16.5. The lowest BCUT2D eigenvalue weighted by atomic mass is 10.1. The Hall–Kier alpha value is -2.15. The molecule has 1 aliphatic rings. The van der Waals surface area contributed by atoms with Gasteiger partial charge in [0.15, 0.2) is 0 Å². The molecule has 1 N–H and O–H groups in total. The van der Waals surface area contributed by atoms with Gasteiger partial charge >= 0.3 is 0 Å². The Morgan fingerprint density at radius 1 is 1.35 bits per heavy atom. The predicted octanol–water partition coefficient (Wildman–Crippen LogP) is 2.09. The maximum atomic E-state index is 12.7. The minimum atomic E-state index is -0.150. The van der Waals surface area contributed by atoms with E-state index >= 15 is 0 Å². The number of carbonyl (C=O) groups excluding carboxylic acids is 1. The number of ether oxygens (including phenoxy) is 1. The molecule has 124 valence electrons. The van der Waals surface area contributed by atoms with E-state index in [0.717, 1.165) is 30.7 Å². The van der Waals surface area contributed by atoms with E-state index in [1.165, 1.54) is 0 Å². The lowest BCUT2D eigenvalue weighted by molar-refractivity contribution is 0.0646. The van der Waals surface area contributed by atoms with Gasteiger partial charge in [-0.25, -0.2) is 0 Å². The number of aryl methyl sites for hydroxylation is 3. The molecule has 0 aliphatic carbocycles. The fourth-order valence-electron chi connectivity index (χ4n) is 2.89. The quantitative estimate of drug-likeness (QED) is 0.937. The molecule has 7 heteroatoms. The van der Waals surface area contributed by atoms with Gasteiger partial charge in [-0.2, -0.15) is 10.2 Å². The van der Waals surface area contributed by atoms with Gasteiger partial charge in [-0.15, -0.1) is 0 Å². The molecule has 0 saturated carbocycles. The van der Waals surface area contributed by atoms with E-state index in [-0.39, 0.29) is 11.9 Å². The molecule has 1 aliphatic heterocycles. The minimum absolute atomic E-state index is 0.150. The Labute approximate surface area is 135 Å². The monoisotopic (exact) mass is 317 g/mol. The van der Waals surface area contributed by atoms with E-state index in [9.17, 15) is 4.79 Å². The first-order chi connectivity index (χ1) is 11.1. The fourth-order valence-corrected chi connectivity index (χ4v) is 2.89. The number of amides is 1. The summed E-state index contributed by atoms with van der Waals surface area (Å²) < 4.78 is 8.95. The van der Waals surface area contributed by atoms with Gasteiger partial charge in [0.25, 0.3) is 5.91 Å². The molecule has 3 heterocycles. The van der Waals surface area contributed by atoms with Crippen LogP contribution < -0.4 is 5.32 Å². The topological polar surface area (TPSA) is 74.0 Å². The van der Waals surface area contributed by atoms with Crippen LogP contribution in [0.25, 0.3) is 0 Å². The van der Waals surface area contributed by atoms with Crippen LogP contribution in [0.4, 0.5) is 5.82 Å². The number of anilines is 1. The van der Waals surface area contributed by atoms with Gasteiger partial charge in [-0.05, 0) is 32.3 Å². The summed E-state index contributed by atoms with van der Waals surface area (Å²) in [5, 5.41) is 11.8. The van der Waals surface area contributed by atoms with Crippen molar-refractivity contribution in [3.63, 3.8) is 0 Å². The zero-order valence-corrected chi connectivity index (χ0v) is 13.9. The standard InChI is InChI=1S/C16H23N5O2/c1-4-12-10-15(20(3)19-12)17-16(22)14-9-11(2)18-21(14)13-5-7-23-8-6-13/h9-10,13H,4-8H2,1-3H3,(H,17,22). The number of hydrogen-bond donors (Lipinski definition) is 1. The molecular formula is C16H23N5O2. The first kappa shape index (κ1) is 15.7. The highest BCUT2D eigenvalue weighted by Crippen LogP contribution is 2.23. The number of nitrogens with one attached hydrogen (secondary N) is 1. The van der Waals surface area contributed by atoms with Crippen molar-refractivity contribution in [3.05, 3.63) is 29.2 Å². The van der Waals surface area contributed by atoms with Crippen molar-refractivity contribution in [3.8, 4) is 0 Å². The number of hydrogen-bond acceptors (Lipinski definition) is 4. The Morgan fingerprint density at radius 2 is 2.09 bits per heavy atom. The summed E-state index contributed by atoms with van der Waals surface area (Å²) in [5.41, 5.74) is 2.39. The van der Waals surface area contributed by atoms with Crippen molar-refractivity contribution in [1.82, 2.24) is 19.6 Å². The smallest absolute Gasteiger partial charge is 0.275 e. The maximum Gasteiger partial charge on any atom is 0.275 e. The molecule has 23 heavy (non-hydrogen) atoms. The Bertz CT molecular complexity index is 697. The number of rotatable bonds is 4. The molecule has 0 aromatic carbocycles.